The number of hydrogen-bond donors (Lipinski definition) is 4. The number of aliphatic hydroxyl groups is 1. The lowest BCUT2D eigenvalue weighted by Crippen LogP contribution is -2.57. The Morgan fingerprint density at radius 1 is 1.05 bits per heavy atom. The van der Waals surface area contributed by atoms with E-state index in [0.717, 1.165) is 56.2 Å². The first-order chi connectivity index (χ1) is 18.5. The quantitative estimate of drug-likeness (QED) is 0.301. The van der Waals surface area contributed by atoms with Gasteiger partial charge in [-0.25, -0.2) is 0 Å². The molecule has 3 unspecified atom stereocenters. The summed E-state index contributed by atoms with van der Waals surface area (Å²) in [5.74, 6) is 0.795. The molecule has 0 aromatic heterocycles. The standard InChI is InChI=1S/C31H42N2O6/c1-19(34)31(38)14-10-25-23-6-5-21-17-22(8-12-29(21,2)24(23)9-13-30(25,31)3)33-39-18-28(37)32-15-11-20-4-7-26(35)27(36)16-20/h4,7,16-17,23-25,35-36,38H,5-6,8-15,18H2,1-3H3,(H,32,37)/b33-22-/t23?,24?,25?,29-,30-,31-/m0/s1. The number of carbonyl (C=O) groups is 2. The highest BCUT2D eigenvalue weighted by Crippen LogP contribution is 2.67. The van der Waals surface area contributed by atoms with E-state index in [0.29, 0.717) is 37.1 Å². The molecule has 0 bridgehead atoms. The fourth-order valence-electron chi connectivity index (χ4n) is 8.53. The Hall–Kier alpha value is -2.87. The van der Waals surface area contributed by atoms with Gasteiger partial charge in [0.2, 0.25) is 0 Å². The van der Waals surface area contributed by atoms with E-state index in [4.69, 9.17) is 4.84 Å². The maximum atomic E-state index is 12.5. The largest absolute Gasteiger partial charge is 0.504 e. The molecular formula is C31H42N2O6. The molecule has 0 heterocycles. The van der Waals surface area contributed by atoms with E-state index in [9.17, 15) is 24.9 Å². The number of nitrogens with one attached hydrogen (secondary N) is 1. The fourth-order valence-corrected chi connectivity index (χ4v) is 8.53. The zero-order chi connectivity index (χ0) is 28.0. The van der Waals surface area contributed by atoms with E-state index in [1.54, 1.807) is 13.0 Å². The van der Waals surface area contributed by atoms with Crippen molar-refractivity contribution in [3.63, 3.8) is 0 Å². The lowest BCUT2D eigenvalue weighted by atomic mass is 9.46. The molecular weight excluding hydrogens is 496 g/mol. The molecule has 212 valence electrons. The number of allylic oxidation sites excluding steroid dienone is 2. The van der Waals surface area contributed by atoms with Crippen molar-refractivity contribution in [1.82, 2.24) is 5.32 Å². The zero-order valence-electron chi connectivity index (χ0n) is 23.3. The summed E-state index contributed by atoms with van der Waals surface area (Å²) < 4.78 is 0. The van der Waals surface area contributed by atoms with E-state index in [1.165, 1.54) is 17.7 Å². The predicted octanol–water partition coefficient (Wildman–Crippen LogP) is 4.41. The number of oxime groups is 1. The number of hydrogen-bond acceptors (Lipinski definition) is 7. The maximum absolute atomic E-state index is 12.5. The number of rotatable bonds is 7. The van der Waals surface area contributed by atoms with Gasteiger partial charge in [-0.1, -0.05) is 30.6 Å². The first-order valence-corrected chi connectivity index (χ1v) is 14.4. The second-order valence-corrected chi connectivity index (χ2v) is 12.7. The molecule has 39 heavy (non-hydrogen) atoms. The number of ketones is 1. The van der Waals surface area contributed by atoms with Crippen molar-refractivity contribution in [2.75, 3.05) is 13.2 Å². The van der Waals surface area contributed by atoms with Gasteiger partial charge in [-0.3, -0.25) is 9.59 Å². The molecule has 8 nitrogen and oxygen atoms in total. The van der Waals surface area contributed by atoms with Crippen LogP contribution in [0.5, 0.6) is 11.5 Å². The number of Topliss-reactive ketones (excluding diaryl/α,β-unsaturated/α-hetero) is 1. The Morgan fingerprint density at radius 2 is 1.82 bits per heavy atom. The first-order valence-electron chi connectivity index (χ1n) is 14.4. The van der Waals surface area contributed by atoms with Crippen LogP contribution in [0.25, 0.3) is 0 Å². The molecule has 8 heteroatoms. The molecule has 5 rings (SSSR count). The van der Waals surface area contributed by atoms with Gasteiger partial charge in [0.15, 0.2) is 23.9 Å². The molecule has 4 aliphatic rings. The van der Waals surface area contributed by atoms with Crippen molar-refractivity contribution in [3.05, 3.63) is 35.4 Å². The van der Waals surface area contributed by atoms with Gasteiger partial charge < -0.3 is 25.5 Å². The monoisotopic (exact) mass is 538 g/mol. The van der Waals surface area contributed by atoms with Gasteiger partial charge in [-0.05, 0) is 112 Å². The average molecular weight is 539 g/mol. The molecule has 1 aromatic carbocycles. The second-order valence-electron chi connectivity index (χ2n) is 12.7. The number of carbonyl (C=O) groups excluding carboxylic acids is 2. The number of phenols is 2. The molecule has 1 aromatic rings. The van der Waals surface area contributed by atoms with Crippen LogP contribution in [-0.4, -0.2) is 51.5 Å². The molecule has 3 saturated carbocycles. The van der Waals surface area contributed by atoms with Gasteiger partial charge in [0.05, 0.1) is 5.71 Å². The molecule has 4 aliphatic carbocycles. The summed E-state index contributed by atoms with van der Waals surface area (Å²) >= 11 is 0. The highest BCUT2D eigenvalue weighted by molar-refractivity contribution is 5.96. The maximum Gasteiger partial charge on any atom is 0.260 e. The Balaban J connectivity index is 1.16. The van der Waals surface area contributed by atoms with Gasteiger partial charge >= 0.3 is 0 Å². The van der Waals surface area contributed by atoms with Gasteiger partial charge in [0.25, 0.3) is 5.91 Å². The third kappa shape index (κ3) is 4.75. The van der Waals surface area contributed by atoms with Crippen LogP contribution in [-0.2, 0) is 20.8 Å². The Bertz CT molecular complexity index is 1210. The Labute approximate surface area is 230 Å². The van der Waals surface area contributed by atoms with E-state index in [1.807, 2.05) is 0 Å². The highest BCUT2D eigenvalue weighted by atomic mass is 16.6. The molecule has 0 saturated heterocycles. The zero-order valence-corrected chi connectivity index (χ0v) is 23.3. The van der Waals surface area contributed by atoms with Crippen LogP contribution in [0.2, 0.25) is 0 Å². The van der Waals surface area contributed by atoms with Crippen LogP contribution in [0.15, 0.2) is 35.0 Å². The van der Waals surface area contributed by atoms with E-state index < -0.39 is 5.60 Å². The van der Waals surface area contributed by atoms with Gasteiger partial charge in [-0.2, -0.15) is 0 Å². The highest BCUT2D eigenvalue weighted by Gasteiger charge is 2.65. The van der Waals surface area contributed by atoms with Crippen LogP contribution >= 0.6 is 0 Å². The third-order valence-corrected chi connectivity index (χ3v) is 10.9. The lowest BCUT2D eigenvalue weighted by Gasteiger charge is -2.59. The SMILES string of the molecule is CC(=O)[C@@]1(O)CCC2C3CCC4=C/C(=N\OCC(=O)NCCc5ccc(O)c(O)c5)CC[C@]4(C)C3CC[C@@]21C. The minimum Gasteiger partial charge on any atom is -0.504 e. The van der Waals surface area contributed by atoms with Gasteiger partial charge in [-0.15, -0.1) is 0 Å². The van der Waals surface area contributed by atoms with Crippen LogP contribution < -0.4 is 5.32 Å². The summed E-state index contributed by atoms with van der Waals surface area (Å²) in [6, 6.07) is 4.61. The minimum absolute atomic E-state index is 0.0709. The van der Waals surface area contributed by atoms with Crippen molar-refractivity contribution in [3.8, 4) is 11.5 Å². The van der Waals surface area contributed by atoms with Crippen LogP contribution in [0.3, 0.4) is 0 Å². The predicted molar refractivity (Wildman–Crippen MR) is 147 cm³/mol. The summed E-state index contributed by atoms with van der Waals surface area (Å²) in [6.45, 7) is 6.34. The van der Waals surface area contributed by atoms with E-state index in [-0.39, 0.29) is 40.6 Å². The van der Waals surface area contributed by atoms with Crippen molar-refractivity contribution in [1.29, 1.82) is 0 Å². The molecule has 0 radical (unpaired) electrons. The molecule has 6 atom stereocenters. The third-order valence-electron chi connectivity index (χ3n) is 10.9. The number of amides is 1. The number of phenolic OH excluding ortho intramolecular Hbond substituents is 2. The molecule has 0 aliphatic heterocycles. The number of benzene rings is 1. The lowest BCUT2D eigenvalue weighted by molar-refractivity contribution is -0.159. The van der Waals surface area contributed by atoms with Crippen LogP contribution in [0.4, 0.5) is 0 Å². The number of fused-ring (bicyclic) bond motifs is 5. The van der Waals surface area contributed by atoms with Crippen molar-refractivity contribution in [2.45, 2.75) is 84.2 Å². The van der Waals surface area contributed by atoms with E-state index in [2.05, 4.69) is 30.4 Å². The van der Waals surface area contributed by atoms with Gasteiger partial charge in [0, 0.05) is 12.0 Å². The number of nitrogens with zero attached hydrogens (tertiary/aromatic N) is 1. The normalized spacial score (nSPS) is 36.4. The van der Waals surface area contributed by atoms with E-state index >= 15 is 0 Å². The topological polar surface area (TPSA) is 128 Å². The first kappa shape index (κ1) is 27.7. The van der Waals surface area contributed by atoms with Crippen molar-refractivity contribution in [2.24, 2.45) is 33.7 Å². The summed E-state index contributed by atoms with van der Waals surface area (Å²) in [5, 5.41) is 37.4. The number of aromatic hydroxyl groups is 2. The fraction of sp³-hybridized carbons (Fsp3) is 0.645. The molecule has 1 amide bonds. The second kappa shape index (κ2) is 10.3. The summed E-state index contributed by atoms with van der Waals surface area (Å²) in [5.41, 5.74) is 1.70. The minimum atomic E-state index is -1.18. The molecule has 3 fully saturated rings. The van der Waals surface area contributed by atoms with Crippen LogP contribution in [0, 0.1) is 28.6 Å². The van der Waals surface area contributed by atoms with Crippen molar-refractivity contribution >= 4 is 17.4 Å². The van der Waals surface area contributed by atoms with Crippen molar-refractivity contribution < 1.29 is 29.7 Å². The van der Waals surface area contributed by atoms with Crippen LogP contribution in [0.1, 0.15) is 77.7 Å². The smallest absolute Gasteiger partial charge is 0.260 e. The average Bonchev–Trinajstić information content (AvgIpc) is 3.18. The summed E-state index contributed by atoms with van der Waals surface area (Å²) in [4.78, 5) is 30.0. The molecule has 4 N–H and O–H groups in total. The summed E-state index contributed by atoms with van der Waals surface area (Å²) in [6.07, 6.45) is 10.0. The molecule has 0 spiro atoms. The Morgan fingerprint density at radius 3 is 2.56 bits per heavy atom. The van der Waals surface area contributed by atoms with Gasteiger partial charge in [0.1, 0.15) is 5.60 Å². The summed E-state index contributed by atoms with van der Waals surface area (Å²) in [7, 11) is 0. The Kier molecular flexibility index (Phi) is 7.29.